The second-order valence-corrected chi connectivity index (χ2v) is 8.82. The van der Waals surface area contributed by atoms with Gasteiger partial charge in [-0.05, 0) is 31.2 Å². The van der Waals surface area contributed by atoms with Gasteiger partial charge in [-0.2, -0.15) is 0 Å². The number of hydrogen-bond acceptors (Lipinski definition) is 6. The first-order chi connectivity index (χ1) is 12.8. The fourth-order valence-electron chi connectivity index (χ4n) is 2.21. The van der Waals surface area contributed by atoms with Crippen LogP contribution in [0.5, 0.6) is 5.75 Å². The molecular formula is C18H25N3O4S2. The molecule has 1 aromatic heterocycles. The first-order valence-corrected chi connectivity index (χ1v) is 11.1. The summed E-state index contributed by atoms with van der Waals surface area (Å²) in [6, 6.07) is 6.15. The van der Waals surface area contributed by atoms with E-state index in [4.69, 9.17) is 4.74 Å². The molecule has 0 fully saturated rings. The van der Waals surface area contributed by atoms with Crippen molar-refractivity contribution in [3.63, 3.8) is 0 Å². The number of nitrogens with zero attached hydrogens (tertiary/aromatic N) is 1. The molecule has 0 saturated carbocycles. The van der Waals surface area contributed by atoms with E-state index >= 15 is 0 Å². The fraction of sp³-hybridized carbons (Fsp3) is 0.444. The van der Waals surface area contributed by atoms with Crippen molar-refractivity contribution in [2.45, 2.75) is 44.6 Å². The molecule has 1 heterocycles. The zero-order valence-corrected chi connectivity index (χ0v) is 17.3. The molecule has 1 aromatic carbocycles. The van der Waals surface area contributed by atoms with Crippen LogP contribution in [0.15, 0.2) is 34.5 Å². The number of sulfonamides is 1. The van der Waals surface area contributed by atoms with Gasteiger partial charge in [-0.15, -0.1) is 11.3 Å². The molecule has 2 aromatic rings. The van der Waals surface area contributed by atoms with Gasteiger partial charge in [-0.3, -0.25) is 4.79 Å². The summed E-state index contributed by atoms with van der Waals surface area (Å²) in [5.41, 5.74) is 0.812. The third-order valence-electron chi connectivity index (χ3n) is 3.62. The minimum Gasteiger partial charge on any atom is -0.494 e. The van der Waals surface area contributed by atoms with Crippen LogP contribution < -0.4 is 14.8 Å². The molecule has 0 spiro atoms. The summed E-state index contributed by atoms with van der Waals surface area (Å²) in [5.74, 6) is 0.735. The maximum Gasteiger partial charge on any atom is 0.240 e. The average Bonchev–Trinajstić information content (AvgIpc) is 3.10. The van der Waals surface area contributed by atoms with E-state index in [0.717, 1.165) is 10.7 Å². The molecule has 0 atom stereocenters. The van der Waals surface area contributed by atoms with Gasteiger partial charge in [0.05, 0.1) is 28.7 Å². The highest BCUT2D eigenvalue weighted by Crippen LogP contribution is 2.19. The predicted molar refractivity (Wildman–Crippen MR) is 105 cm³/mol. The monoisotopic (exact) mass is 411 g/mol. The third kappa shape index (κ3) is 6.60. The molecule has 0 bridgehead atoms. The molecule has 27 heavy (non-hydrogen) atoms. The van der Waals surface area contributed by atoms with Gasteiger partial charge in [0.2, 0.25) is 15.9 Å². The Morgan fingerprint density at radius 3 is 2.56 bits per heavy atom. The largest absolute Gasteiger partial charge is 0.494 e. The van der Waals surface area contributed by atoms with Crippen LogP contribution in [0.25, 0.3) is 0 Å². The summed E-state index contributed by atoms with van der Waals surface area (Å²) in [7, 11) is -3.66. The Morgan fingerprint density at radius 1 is 1.26 bits per heavy atom. The maximum absolute atomic E-state index is 12.2. The van der Waals surface area contributed by atoms with Crippen molar-refractivity contribution in [1.82, 2.24) is 15.0 Å². The van der Waals surface area contributed by atoms with E-state index in [2.05, 4.69) is 28.9 Å². The van der Waals surface area contributed by atoms with E-state index in [9.17, 15) is 13.2 Å². The number of benzene rings is 1. The summed E-state index contributed by atoms with van der Waals surface area (Å²) in [5, 5.41) is 5.70. The zero-order chi connectivity index (χ0) is 19.9. The zero-order valence-electron chi connectivity index (χ0n) is 15.7. The van der Waals surface area contributed by atoms with Crippen molar-refractivity contribution in [3.05, 3.63) is 40.3 Å². The molecule has 0 saturated heterocycles. The van der Waals surface area contributed by atoms with Crippen molar-refractivity contribution in [3.8, 4) is 5.75 Å². The quantitative estimate of drug-likeness (QED) is 0.626. The van der Waals surface area contributed by atoms with Crippen LogP contribution in [0.4, 0.5) is 0 Å². The molecule has 0 aliphatic heterocycles. The van der Waals surface area contributed by atoms with Gasteiger partial charge in [0.15, 0.2) is 0 Å². The first-order valence-electron chi connectivity index (χ1n) is 8.75. The van der Waals surface area contributed by atoms with Crippen LogP contribution in [0, 0.1) is 0 Å². The summed E-state index contributed by atoms with van der Waals surface area (Å²) >= 11 is 1.57. The Hall–Kier alpha value is -1.97. The van der Waals surface area contributed by atoms with Gasteiger partial charge in [0.1, 0.15) is 5.75 Å². The Kier molecular flexibility index (Phi) is 7.76. The van der Waals surface area contributed by atoms with Crippen molar-refractivity contribution >= 4 is 27.3 Å². The lowest BCUT2D eigenvalue weighted by Crippen LogP contribution is -2.30. The van der Waals surface area contributed by atoms with Crippen molar-refractivity contribution in [2.24, 2.45) is 0 Å². The first kappa shape index (κ1) is 21.3. The SMILES string of the molecule is CCOc1ccc(S(=O)(=O)NCCC(=O)NCc2csc(C(C)C)n2)cc1. The van der Waals surface area contributed by atoms with Gasteiger partial charge in [0.25, 0.3) is 0 Å². The van der Waals surface area contributed by atoms with Gasteiger partial charge >= 0.3 is 0 Å². The Morgan fingerprint density at radius 2 is 1.96 bits per heavy atom. The number of ether oxygens (including phenoxy) is 1. The molecule has 2 N–H and O–H groups in total. The van der Waals surface area contributed by atoms with E-state index in [-0.39, 0.29) is 23.8 Å². The molecule has 0 aliphatic rings. The van der Waals surface area contributed by atoms with Gasteiger partial charge in [0, 0.05) is 24.3 Å². The molecule has 0 unspecified atom stereocenters. The summed E-state index contributed by atoms with van der Waals surface area (Å²) in [4.78, 5) is 16.5. The van der Waals surface area contributed by atoms with Crippen LogP contribution in [0.3, 0.4) is 0 Å². The lowest BCUT2D eigenvalue weighted by molar-refractivity contribution is -0.121. The summed E-state index contributed by atoms with van der Waals surface area (Å²) < 4.78 is 32.2. The number of nitrogens with one attached hydrogen (secondary N) is 2. The number of carbonyl (C=O) groups is 1. The van der Waals surface area contributed by atoms with E-state index in [0.29, 0.717) is 24.8 Å². The van der Waals surface area contributed by atoms with Gasteiger partial charge in [-0.25, -0.2) is 18.1 Å². The second kappa shape index (κ2) is 9.82. The second-order valence-electron chi connectivity index (χ2n) is 6.16. The normalized spacial score (nSPS) is 11.6. The standard InChI is InChI=1S/C18H25N3O4S2/c1-4-25-15-5-7-16(8-6-15)27(23,24)20-10-9-17(22)19-11-14-12-26-18(21-14)13(2)3/h5-8,12-13,20H,4,9-11H2,1-3H3,(H,19,22). The minimum atomic E-state index is -3.66. The highest BCUT2D eigenvalue weighted by Gasteiger charge is 2.14. The Labute approximate surface area is 164 Å². The molecule has 9 heteroatoms. The predicted octanol–water partition coefficient (Wildman–Crippen LogP) is 2.65. The number of hydrogen-bond donors (Lipinski definition) is 2. The van der Waals surface area contributed by atoms with Crippen LogP contribution in [0.2, 0.25) is 0 Å². The number of thiazole rings is 1. The van der Waals surface area contributed by atoms with Crippen LogP contribution >= 0.6 is 11.3 Å². The Bertz CT molecular complexity index is 846. The third-order valence-corrected chi connectivity index (χ3v) is 6.29. The lowest BCUT2D eigenvalue weighted by Gasteiger charge is -2.08. The maximum atomic E-state index is 12.2. The number of carbonyl (C=O) groups excluding carboxylic acids is 1. The highest BCUT2D eigenvalue weighted by molar-refractivity contribution is 7.89. The van der Waals surface area contributed by atoms with Crippen LogP contribution in [-0.2, 0) is 21.4 Å². The van der Waals surface area contributed by atoms with E-state index in [1.165, 1.54) is 12.1 Å². The Balaban J connectivity index is 1.77. The topological polar surface area (TPSA) is 97.4 Å². The van der Waals surface area contributed by atoms with Crippen LogP contribution in [0.1, 0.15) is 43.8 Å². The average molecular weight is 412 g/mol. The molecule has 148 valence electrons. The molecule has 7 nitrogen and oxygen atoms in total. The lowest BCUT2D eigenvalue weighted by atomic mass is 10.2. The van der Waals surface area contributed by atoms with Gasteiger partial charge in [-0.1, -0.05) is 13.8 Å². The minimum absolute atomic E-state index is 0.0235. The molecule has 0 radical (unpaired) electrons. The number of amides is 1. The smallest absolute Gasteiger partial charge is 0.240 e. The fourth-order valence-corrected chi connectivity index (χ4v) is 4.08. The molecular weight excluding hydrogens is 386 g/mol. The van der Waals surface area contributed by atoms with Crippen molar-refractivity contribution in [1.29, 1.82) is 0 Å². The van der Waals surface area contributed by atoms with Crippen molar-refractivity contribution < 1.29 is 17.9 Å². The van der Waals surface area contributed by atoms with Gasteiger partial charge < -0.3 is 10.1 Å². The highest BCUT2D eigenvalue weighted by atomic mass is 32.2. The summed E-state index contributed by atoms with van der Waals surface area (Å²) in [6.45, 7) is 6.87. The van der Waals surface area contributed by atoms with Crippen LogP contribution in [-0.4, -0.2) is 32.5 Å². The molecule has 0 aliphatic carbocycles. The summed E-state index contributed by atoms with van der Waals surface area (Å²) in [6.07, 6.45) is 0.0530. The van der Waals surface area contributed by atoms with E-state index in [1.807, 2.05) is 12.3 Å². The molecule has 2 rings (SSSR count). The van der Waals surface area contributed by atoms with E-state index in [1.54, 1.807) is 23.5 Å². The number of aromatic nitrogens is 1. The number of rotatable bonds is 10. The van der Waals surface area contributed by atoms with Crippen molar-refractivity contribution in [2.75, 3.05) is 13.2 Å². The van der Waals surface area contributed by atoms with E-state index < -0.39 is 10.0 Å². The molecule has 1 amide bonds.